The molecular weight excluding hydrogens is 608 g/mol. The SMILES string of the molecule is CC(NC(=O)c1cc(OCCN(C)CCc2ccc(CS(=N)(=O)O)cc2)ccc1NS(C)(=O)=O)C(=O)OCc1ccccc1. The topological polar surface area (TPSA) is 175 Å². The first-order valence-corrected chi connectivity index (χ1v) is 17.3. The molecule has 0 spiro atoms. The van der Waals surface area contributed by atoms with Crippen LogP contribution in [0.4, 0.5) is 5.69 Å². The molecule has 3 aromatic carbocycles. The number of ether oxygens (including phenoxy) is 2. The van der Waals surface area contributed by atoms with Gasteiger partial charge in [0.1, 0.15) is 25.0 Å². The molecule has 3 aromatic rings. The van der Waals surface area contributed by atoms with Crippen molar-refractivity contribution in [2.24, 2.45) is 0 Å². The van der Waals surface area contributed by atoms with Gasteiger partial charge in [-0.1, -0.05) is 54.6 Å². The van der Waals surface area contributed by atoms with Crippen LogP contribution in [0, 0.1) is 4.78 Å². The molecule has 0 radical (unpaired) electrons. The van der Waals surface area contributed by atoms with Gasteiger partial charge in [0.05, 0.1) is 23.3 Å². The number of carbonyl (C=O) groups excluding carboxylic acids is 2. The lowest BCUT2D eigenvalue weighted by molar-refractivity contribution is -0.146. The third-order valence-electron chi connectivity index (χ3n) is 6.37. The number of anilines is 1. The summed E-state index contributed by atoms with van der Waals surface area (Å²) in [4.78, 5) is 27.7. The van der Waals surface area contributed by atoms with Crippen LogP contribution in [0.2, 0.25) is 0 Å². The number of rotatable bonds is 16. The van der Waals surface area contributed by atoms with Crippen LogP contribution in [0.5, 0.6) is 5.75 Å². The highest BCUT2D eigenvalue weighted by Gasteiger charge is 2.22. The molecule has 0 aliphatic heterocycles. The number of carbonyl (C=O) groups is 2. The number of benzene rings is 3. The lowest BCUT2D eigenvalue weighted by atomic mass is 10.1. The van der Waals surface area contributed by atoms with E-state index in [4.69, 9.17) is 14.3 Å². The van der Waals surface area contributed by atoms with E-state index in [1.165, 1.54) is 19.1 Å². The van der Waals surface area contributed by atoms with E-state index < -0.39 is 38.0 Å². The summed E-state index contributed by atoms with van der Waals surface area (Å²) in [5.41, 5.74) is 2.48. The maximum absolute atomic E-state index is 13.1. The molecule has 2 unspecified atom stereocenters. The maximum atomic E-state index is 13.1. The van der Waals surface area contributed by atoms with E-state index in [-0.39, 0.29) is 30.2 Å². The van der Waals surface area contributed by atoms with Gasteiger partial charge in [-0.15, -0.1) is 0 Å². The average Bonchev–Trinajstić information content (AvgIpc) is 2.95. The lowest BCUT2D eigenvalue weighted by Crippen LogP contribution is -2.39. The zero-order valence-corrected chi connectivity index (χ0v) is 26.4. The molecule has 0 aromatic heterocycles. The molecule has 0 fully saturated rings. The maximum Gasteiger partial charge on any atom is 0.328 e. The van der Waals surface area contributed by atoms with Crippen molar-refractivity contribution >= 4 is 37.6 Å². The number of nitrogens with zero attached hydrogens (tertiary/aromatic N) is 1. The first-order valence-electron chi connectivity index (χ1n) is 13.7. The standard InChI is InChI=1S/C30H38N4O8S2/c1-22(30(36)42-20-24-7-5-4-6-8-24)32-29(35)27-19-26(13-14-28(27)33-43(3,37)38)41-18-17-34(2)16-15-23-9-11-25(12-10-23)21-44(31,39)40/h4-14,19,22,33H,15-18,20-21H2,1-3H3,(H,32,35)(H2,31,39,40). The minimum absolute atomic E-state index is 0.0186. The van der Waals surface area contributed by atoms with E-state index in [0.29, 0.717) is 24.4 Å². The van der Waals surface area contributed by atoms with Gasteiger partial charge in [-0.05, 0) is 55.3 Å². The molecule has 44 heavy (non-hydrogen) atoms. The van der Waals surface area contributed by atoms with Gasteiger partial charge in [0, 0.05) is 13.1 Å². The number of likely N-dealkylation sites (N-methyl/N-ethyl adjacent to an activating group) is 1. The summed E-state index contributed by atoms with van der Waals surface area (Å²) >= 11 is 0. The number of hydrogen-bond acceptors (Lipinski definition) is 9. The van der Waals surface area contributed by atoms with Crippen LogP contribution >= 0.6 is 0 Å². The van der Waals surface area contributed by atoms with Crippen molar-refractivity contribution in [3.05, 3.63) is 95.1 Å². The smallest absolute Gasteiger partial charge is 0.328 e. The van der Waals surface area contributed by atoms with Gasteiger partial charge in [0.15, 0.2) is 10.0 Å². The van der Waals surface area contributed by atoms with Crippen LogP contribution in [0.25, 0.3) is 0 Å². The Morgan fingerprint density at radius 3 is 2.25 bits per heavy atom. The highest BCUT2D eigenvalue weighted by molar-refractivity contribution is 7.92. The molecule has 4 N–H and O–H groups in total. The molecular formula is C30H38N4O8S2. The molecule has 14 heteroatoms. The van der Waals surface area contributed by atoms with Crippen LogP contribution in [-0.4, -0.2) is 73.0 Å². The minimum Gasteiger partial charge on any atom is -0.492 e. The summed E-state index contributed by atoms with van der Waals surface area (Å²) in [5.74, 6) is -1.19. The second-order valence-electron chi connectivity index (χ2n) is 10.4. The van der Waals surface area contributed by atoms with Gasteiger partial charge in [-0.25, -0.2) is 22.2 Å². The predicted octanol–water partition coefficient (Wildman–Crippen LogP) is 3.49. The summed E-state index contributed by atoms with van der Waals surface area (Å²) in [7, 11) is -5.35. The highest BCUT2D eigenvalue weighted by atomic mass is 32.2. The zero-order chi connectivity index (χ0) is 32.3. The molecule has 3 rings (SSSR count). The van der Waals surface area contributed by atoms with E-state index in [2.05, 4.69) is 10.0 Å². The van der Waals surface area contributed by atoms with Crippen LogP contribution in [0.15, 0.2) is 72.8 Å². The van der Waals surface area contributed by atoms with Crippen molar-refractivity contribution in [2.75, 3.05) is 37.7 Å². The number of esters is 1. The molecule has 0 saturated carbocycles. The van der Waals surface area contributed by atoms with Gasteiger partial charge in [0.25, 0.3) is 5.91 Å². The Labute approximate surface area is 258 Å². The number of nitrogens with one attached hydrogen (secondary N) is 3. The lowest BCUT2D eigenvalue weighted by Gasteiger charge is -2.18. The molecule has 0 aliphatic carbocycles. The van der Waals surface area contributed by atoms with E-state index >= 15 is 0 Å². The normalized spacial score (nSPS) is 13.5. The van der Waals surface area contributed by atoms with E-state index in [1.54, 1.807) is 18.2 Å². The predicted molar refractivity (Wildman–Crippen MR) is 168 cm³/mol. The fourth-order valence-electron chi connectivity index (χ4n) is 4.06. The third-order valence-corrected chi connectivity index (χ3v) is 7.68. The number of amides is 1. The molecule has 0 bridgehead atoms. The Bertz CT molecular complexity index is 1630. The van der Waals surface area contributed by atoms with Gasteiger partial charge < -0.3 is 24.2 Å². The average molecular weight is 647 g/mol. The summed E-state index contributed by atoms with van der Waals surface area (Å²) < 4.78 is 64.9. The van der Waals surface area contributed by atoms with Gasteiger partial charge >= 0.3 is 5.97 Å². The van der Waals surface area contributed by atoms with Crippen molar-refractivity contribution in [3.63, 3.8) is 0 Å². The molecule has 238 valence electrons. The summed E-state index contributed by atoms with van der Waals surface area (Å²) in [6.45, 7) is 3.07. The summed E-state index contributed by atoms with van der Waals surface area (Å²) in [6, 6.07) is 19.7. The zero-order valence-electron chi connectivity index (χ0n) is 24.8. The van der Waals surface area contributed by atoms with Gasteiger partial charge in [-0.3, -0.25) is 9.52 Å². The van der Waals surface area contributed by atoms with Crippen molar-refractivity contribution in [3.8, 4) is 5.75 Å². The van der Waals surface area contributed by atoms with Crippen LogP contribution < -0.4 is 14.8 Å². The van der Waals surface area contributed by atoms with E-state index in [1.807, 2.05) is 54.4 Å². The second kappa shape index (κ2) is 15.7. The fraction of sp³-hybridized carbons (Fsp3) is 0.333. The Morgan fingerprint density at radius 2 is 1.61 bits per heavy atom. The summed E-state index contributed by atoms with van der Waals surface area (Å²) in [6.07, 6.45) is 1.70. The minimum atomic E-state index is -3.70. The fourth-order valence-corrected chi connectivity index (χ4v) is 5.28. The number of sulfonamides is 1. The molecule has 12 nitrogen and oxygen atoms in total. The van der Waals surface area contributed by atoms with Crippen LogP contribution in [0.3, 0.4) is 0 Å². The van der Waals surface area contributed by atoms with Crippen molar-refractivity contribution in [1.29, 1.82) is 4.78 Å². The Balaban J connectivity index is 1.56. The van der Waals surface area contributed by atoms with Crippen LogP contribution in [-0.2, 0) is 48.3 Å². The van der Waals surface area contributed by atoms with Crippen LogP contribution in [0.1, 0.15) is 34.0 Å². The Hall–Kier alpha value is -3.98. The van der Waals surface area contributed by atoms with Crippen molar-refractivity contribution in [2.45, 2.75) is 31.7 Å². The molecule has 0 heterocycles. The molecule has 0 saturated heterocycles. The van der Waals surface area contributed by atoms with E-state index in [9.17, 15) is 26.8 Å². The Kier molecular flexibility index (Phi) is 12.3. The quantitative estimate of drug-likeness (QED) is 0.170. The van der Waals surface area contributed by atoms with E-state index in [0.717, 1.165) is 23.8 Å². The molecule has 2 atom stereocenters. The van der Waals surface area contributed by atoms with Gasteiger partial charge in [-0.2, -0.15) is 0 Å². The van der Waals surface area contributed by atoms with Crippen molar-refractivity contribution < 1.29 is 36.2 Å². The highest BCUT2D eigenvalue weighted by Crippen LogP contribution is 2.23. The second-order valence-corrected chi connectivity index (χ2v) is 13.7. The third kappa shape index (κ3) is 12.3. The largest absolute Gasteiger partial charge is 0.492 e. The van der Waals surface area contributed by atoms with Crippen molar-refractivity contribution in [1.82, 2.24) is 10.2 Å². The summed E-state index contributed by atoms with van der Waals surface area (Å²) in [5, 5.41) is 2.56. The number of hydrogen-bond donors (Lipinski definition) is 4. The first kappa shape index (κ1) is 34.5. The monoisotopic (exact) mass is 646 g/mol. The van der Waals surface area contributed by atoms with Gasteiger partial charge in [0.2, 0.25) is 10.0 Å². The molecule has 1 amide bonds. The Morgan fingerprint density at radius 1 is 0.955 bits per heavy atom. The first-order chi connectivity index (χ1) is 20.7. The molecule has 0 aliphatic rings.